The van der Waals surface area contributed by atoms with Crippen LogP contribution in [0.2, 0.25) is 10.0 Å². The lowest BCUT2D eigenvalue weighted by Gasteiger charge is -2.19. The van der Waals surface area contributed by atoms with Crippen LogP contribution in [0.1, 0.15) is 22.8 Å². The smallest absolute Gasteiger partial charge is 0.328 e. The number of hydrogen-bond donors (Lipinski definition) is 1. The average Bonchev–Trinajstić information content (AvgIpc) is 2.87. The molecule has 0 unspecified atom stereocenters. The highest BCUT2D eigenvalue weighted by atomic mass is 35.5. The maximum Gasteiger partial charge on any atom is 0.328 e. The summed E-state index contributed by atoms with van der Waals surface area (Å²) in [7, 11) is 3.14. The van der Waals surface area contributed by atoms with E-state index in [1.807, 2.05) is 42.5 Å². The molecule has 9 heteroatoms. The van der Waals surface area contributed by atoms with Crippen molar-refractivity contribution in [3.63, 3.8) is 0 Å². The number of carbonyl (C=O) groups is 2. The summed E-state index contributed by atoms with van der Waals surface area (Å²) >= 11 is 12.3. The van der Waals surface area contributed by atoms with Gasteiger partial charge < -0.3 is 24.3 Å². The van der Waals surface area contributed by atoms with Crippen molar-refractivity contribution in [3.05, 3.63) is 81.8 Å². The second-order valence-corrected chi connectivity index (χ2v) is 8.47. The molecule has 0 heterocycles. The number of nitrogens with one attached hydrogen (secondary N) is 1. The van der Waals surface area contributed by atoms with Crippen molar-refractivity contribution in [1.82, 2.24) is 5.32 Å². The number of hydrogen-bond acceptors (Lipinski definition) is 6. The van der Waals surface area contributed by atoms with Crippen molar-refractivity contribution < 1.29 is 28.5 Å². The number of ether oxygens (including phenoxy) is 4. The summed E-state index contributed by atoms with van der Waals surface area (Å²) in [6.07, 6.45) is 0.200. The first-order valence-corrected chi connectivity index (χ1v) is 11.9. The molecule has 0 aliphatic carbocycles. The Hall–Kier alpha value is -3.26. The van der Waals surface area contributed by atoms with Crippen LogP contribution in [0.15, 0.2) is 60.7 Å². The number of carbonyl (C=O) groups excluding carboxylic acids is 2. The molecule has 7 nitrogen and oxygen atoms in total. The van der Waals surface area contributed by atoms with Gasteiger partial charge in [0.15, 0.2) is 6.79 Å². The third-order valence-electron chi connectivity index (χ3n) is 5.29. The molecule has 0 radical (unpaired) electrons. The van der Waals surface area contributed by atoms with E-state index in [0.29, 0.717) is 11.5 Å². The molecule has 0 spiro atoms. The maximum atomic E-state index is 12.9. The van der Waals surface area contributed by atoms with E-state index in [2.05, 4.69) is 5.32 Å². The van der Waals surface area contributed by atoms with Gasteiger partial charge in [0, 0.05) is 13.5 Å². The van der Waals surface area contributed by atoms with Crippen LogP contribution < -0.4 is 14.8 Å². The summed E-state index contributed by atoms with van der Waals surface area (Å²) in [5.74, 6) is 0.133. The Morgan fingerprint density at radius 1 is 0.917 bits per heavy atom. The molecule has 0 saturated carbocycles. The molecule has 3 aromatic rings. The second kappa shape index (κ2) is 13.2. The van der Waals surface area contributed by atoms with Gasteiger partial charge in [-0.15, -0.1) is 0 Å². The van der Waals surface area contributed by atoms with E-state index in [9.17, 15) is 9.59 Å². The molecule has 0 fully saturated rings. The van der Waals surface area contributed by atoms with Gasteiger partial charge in [-0.3, -0.25) is 4.79 Å². The Balaban J connectivity index is 1.85. The van der Waals surface area contributed by atoms with Gasteiger partial charge in [0.2, 0.25) is 0 Å². The summed E-state index contributed by atoms with van der Waals surface area (Å²) in [5, 5.41) is 3.09. The molecule has 0 aliphatic heterocycles. The minimum atomic E-state index is -0.942. The summed E-state index contributed by atoms with van der Waals surface area (Å²) in [4.78, 5) is 25.6. The molecule has 0 aliphatic rings. The molecule has 36 heavy (non-hydrogen) atoms. The van der Waals surface area contributed by atoms with Crippen LogP contribution in [0.25, 0.3) is 11.1 Å². The highest BCUT2D eigenvalue weighted by Gasteiger charge is 2.25. The maximum absolute atomic E-state index is 12.9. The molecule has 3 aromatic carbocycles. The Kier molecular flexibility index (Phi) is 9.99. The van der Waals surface area contributed by atoms with Gasteiger partial charge in [-0.05, 0) is 42.3 Å². The molecule has 3 rings (SSSR count). The lowest BCUT2D eigenvalue weighted by molar-refractivity contribution is -0.145. The topological polar surface area (TPSA) is 83.1 Å². The number of amides is 1. The molecular formula is C27H27Cl2NO6. The number of rotatable bonds is 11. The highest BCUT2D eigenvalue weighted by molar-refractivity contribution is 6.39. The summed E-state index contributed by atoms with van der Waals surface area (Å²) in [6.45, 7) is 1.97. The van der Waals surface area contributed by atoms with Crippen molar-refractivity contribution >= 4 is 35.1 Å². The quantitative estimate of drug-likeness (QED) is 0.257. The third kappa shape index (κ3) is 6.69. The van der Waals surface area contributed by atoms with E-state index in [0.717, 1.165) is 16.7 Å². The van der Waals surface area contributed by atoms with Crippen LogP contribution in [0.3, 0.4) is 0 Å². The van der Waals surface area contributed by atoms with E-state index in [1.54, 1.807) is 39.3 Å². The standard InChI is InChI=1S/C27H27Cl2NO6/c1-4-35-27(32)21(30-26(31)25-19(28)7-5-8-20(25)29)15-17-11-13-18(14-12-17)24-22(34-3)9-6-10-23(24)36-16-33-2/h5-14,21H,4,15-16H2,1-3H3,(H,30,31)/t21-/m0/s1. The Labute approximate surface area is 220 Å². The van der Waals surface area contributed by atoms with Gasteiger partial charge in [0.25, 0.3) is 5.91 Å². The fourth-order valence-electron chi connectivity index (χ4n) is 3.63. The third-order valence-corrected chi connectivity index (χ3v) is 5.92. The predicted octanol–water partition coefficient (Wildman–Crippen LogP) is 5.56. The molecule has 1 atom stereocenters. The monoisotopic (exact) mass is 531 g/mol. The molecule has 0 saturated heterocycles. The van der Waals surface area contributed by atoms with Gasteiger partial charge in [-0.1, -0.05) is 59.6 Å². The van der Waals surface area contributed by atoms with Gasteiger partial charge in [-0.2, -0.15) is 0 Å². The van der Waals surface area contributed by atoms with Crippen molar-refractivity contribution in [2.24, 2.45) is 0 Å². The van der Waals surface area contributed by atoms with E-state index in [1.165, 1.54) is 0 Å². The molecule has 1 amide bonds. The molecular weight excluding hydrogens is 505 g/mol. The fourth-order valence-corrected chi connectivity index (χ4v) is 4.20. The molecule has 0 aromatic heterocycles. The minimum absolute atomic E-state index is 0.0919. The van der Waals surface area contributed by atoms with E-state index in [4.69, 9.17) is 42.1 Å². The van der Waals surface area contributed by atoms with Crippen molar-refractivity contribution in [2.75, 3.05) is 27.6 Å². The number of benzene rings is 3. The SMILES string of the molecule is CCOC(=O)[C@H](Cc1ccc(-c2c(OC)cccc2OCOC)cc1)NC(=O)c1c(Cl)cccc1Cl. The number of methoxy groups -OCH3 is 2. The average molecular weight is 532 g/mol. The van der Waals surface area contributed by atoms with Crippen molar-refractivity contribution in [1.29, 1.82) is 0 Å². The fraction of sp³-hybridized carbons (Fsp3) is 0.259. The predicted molar refractivity (Wildman–Crippen MR) is 139 cm³/mol. The molecule has 190 valence electrons. The highest BCUT2D eigenvalue weighted by Crippen LogP contribution is 2.38. The van der Waals surface area contributed by atoms with Gasteiger partial charge >= 0.3 is 5.97 Å². The van der Waals surface area contributed by atoms with E-state index in [-0.39, 0.29) is 35.4 Å². The lowest BCUT2D eigenvalue weighted by Crippen LogP contribution is -2.43. The summed E-state index contributed by atoms with van der Waals surface area (Å²) < 4.78 is 21.5. The van der Waals surface area contributed by atoms with Crippen LogP contribution in [-0.4, -0.2) is 45.5 Å². The number of esters is 1. The van der Waals surface area contributed by atoms with Crippen molar-refractivity contribution in [2.45, 2.75) is 19.4 Å². The second-order valence-electron chi connectivity index (χ2n) is 7.66. The van der Waals surface area contributed by atoms with E-state index >= 15 is 0 Å². The Bertz CT molecular complexity index is 1180. The molecule has 1 N–H and O–H groups in total. The Morgan fingerprint density at radius 3 is 2.17 bits per heavy atom. The summed E-state index contributed by atoms with van der Waals surface area (Å²) in [6, 6.07) is 16.8. The largest absolute Gasteiger partial charge is 0.496 e. The Morgan fingerprint density at radius 2 is 1.56 bits per heavy atom. The van der Waals surface area contributed by atoms with E-state index < -0.39 is 17.9 Å². The zero-order valence-corrected chi connectivity index (χ0v) is 21.7. The van der Waals surface area contributed by atoms with Crippen molar-refractivity contribution in [3.8, 4) is 22.6 Å². The zero-order chi connectivity index (χ0) is 26.1. The van der Waals surface area contributed by atoms with Crippen LogP contribution >= 0.6 is 23.2 Å². The van der Waals surface area contributed by atoms with Gasteiger partial charge in [-0.25, -0.2) is 4.79 Å². The first-order valence-electron chi connectivity index (χ1n) is 11.2. The minimum Gasteiger partial charge on any atom is -0.496 e. The normalized spacial score (nSPS) is 11.5. The first-order chi connectivity index (χ1) is 17.4. The van der Waals surface area contributed by atoms with Crippen LogP contribution in [0, 0.1) is 0 Å². The van der Waals surface area contributed by atoms with Crippen LogP contribution in [0.4, 0.5) is 0 Å². The van der Waals surface area contributed by atoms with Gasteiger partial charge in [0.05, 0.1) is 34.9 Å². The summed E-state index contributed by atoms with van der Waals surface area (Å²) in [5.41, 5.74) is 2.52. The van der Waals surface area contributed by atoms with Crippen LogP contribution in [0.5, 0.6) is 11.5 Å². The van der Waals surface area contributed by atoms with Gasteiger partial charge in [0.1, 0.15) is 17.5 Å². The number of halogens is 2. The van der Waals surface area contributed by atoms with Crippen LogP contribution in [-0.2, 0) is 20.7 Å². The lowest BCUT2D eigenvalue weighted by atomic mass is 9.99. The first kappa shape index (κ1) is 27.3. The molecule has 0 bridgehead atoms. The zero-order valence-electron chi connectivity index (χ0n) is 20.2.